The molecule has 0 unspecified atom stereocenters. The van der Waals surface area contributed by atoms with E-state index in [1.54, 1.807) is 0 Å². The summed E-state index contributed by atoms with van der Waals surface area (Å²) in [6, 6.07) is 17.9. The summed E-state index contributed by atoms with van der Waals surface area (Å²) >= 11 is 0. The molecule has 0 saturated carbocycles. The van der Waals surface area contributed by atoms with Gasteiger partial charge in [0.25, 0.3) is 0 Å². The molecule has 32 heavy (non-hydrogen) atoms. The molecule has 0 atom stereocenters. The summed E-state index contributed by atoms with van der Waals surface area (Å²) < 4.78 is 5.90. The highest BCUT2D eigenvalue weighted by Crippen LogP contribution is 2.46. The Kier molecular flexibility index (Phi) is 4.32. The van der Waals surface area contributed by atoms with Crippen molar-refractivity contribution in [2.75, 3.05) is 23.3 Å². The number of rotatable bonds is 3. The van der Waals surface area contributed by atoms with Crippen LogP contribution in [-0.4, -0.2) is 24.0 Å². The fourth-order valence-electron chi connectivity index (χ4n) is 4.99. The predicted molar refractivity (Wildman–Crippen MR) is 128 cm³/mol. The Balaban J connectivity index is 1.61. The number of nitrogens with zero attached hydrogens (tertiary/aromatic N) is 2. The summed E-state index contributed by atoms with van der Waals surface area (Å²) in [5, 5.41) is 8.87. The van der Waals surface area contributed by atoms with Gasteiger partial charge in [0.1, 0.15) is 5.52 Å². The maximum absolute atomic E-state index is 13.7. The summed E-state index contributed by atoms with van der Waals surface area (Å²) in [6.45, 7) is 6.34. The molecule has 1 aliphatic heterocycles. The van der Waals surface area contributed by atoms with E-state index in [4.69, 9.17) is 4.52 Å². The van der Waals surface area contributed by atoms with Gasteiger partial charge in [-0.2, -0.15) is 0 Å². The quantitative estimate of drug-likeness (QED) is 0.368. The largest absolute Gasteiger partial charge is 0.370 e. The standard InChI is InChI=1S/C27H25N3O2/c1-16-11-13-30(14-12-16)22-15-21(28-20-10-6-3-7-17(20)2)23-24-25(22)29-32-27(24)19-9-5-4-8-18(19)26(23)31/h3-10,15-16,28H,11-14H2,1-2H3. The zero-order valence-corrected chi connectivity index (χ0v) is 18.3. The summed E-state index contributed by atoms with van der Waals surface area (Å²) in [7, 11) is 0. The number of para-hydroxylation sites is 1. The Morgan fingerprint density at radius 1 is 1.00 bits per heavy atom. The lowest BCUT2D eigenvalue weighted by atomic mass is 9.86. The number of aromatic nitrogens is 1. The van der Waals surface area contributed by atoms with Crippen molar-refractivity contribution < 1.29 is 9.32 Å². The minimum atomic E-state index is 0.0104. The van der Waals surface area contributed by atoms with Crippen molar-refractivity contribution in [2.45, 2.75) is 26.7 Å². The highest BCUT2D eigenvalue weighted by Gasteiger charge is 2.34. The first-order chi connectivity index (χ1) is 15.6. The number of carbonyl (C=O) groups is 1. The van der Waals surface area contributed by atoms with Gasteiger partial charge in [0, 0.05) is 29.9 Å². The van der Waals surface area contributed by atoms with Crippen molar-refractivity contribution in [2.24, 2.45) is 5.92 Å². The number of ketones is 1. The average Bonchev–Trinajstić information content (AvgIpc) is 3.25. The van der Waals surface area contributed by atoms with Crippen molar-refractivity contribution in [3.63, 3.8) is 0 Å². The van der Waals surface area contributed by atoms with Gasteiger partial charge in [-0.05, 0) is 43.4 Å². The number of benzene rings is 3. The average molecular weight is 424 g/mol. The fraction of sp³-hybridized carbons (Fsp3) is 0.259. The Bertz CT molecular complexity index is 1360. The van der Waals surface area contributed by atoms with Gasteiger partial charge < -0.3 is 14.7 Å². The lowest BCUT2D eigenvalue weighted by molar-refractivity contribution is 0.104. The van der Waals surface area contributed by atoms with E-state index >= 15 is 0 Å². The van der Waals surface area contributed by atoms with E-state index in [0.717, 1.165) is 70.9 Å². The molecule has 1 aliphatic carbocycles. The lowest BCUT2D eigenvalue weighted by Crippen LogP contribution is -2.33. The second-order valence-electron chi connectivity index (χ2n) is 9.04. The molecule has 2 aliphatic rings. The Labute approximate surface area is 187 Å². The van der Waals surface area contributed by atoms with Crippen LogP contribution in [0.4, 0.5) is 17.1 Å². The van der Waals surface area contributed by atoms with E-state index in [1.807, 2.05) is 42.5 Å². The van der Waals surface area contributed by atoms with Crippen molar-refractivity contribution in [3.8, 4) is 11.3 Å². The van der Waals surface area contributed by atoms with E-state index in [1.165, 1.54) is 0 Å². The maximum Gasteiger partial charge on any atom is 0.196 e. The molecule has 1 aromatic heterocycles. The molecule has 2 heterocycles. The minimum Gasteiger partial charge on any atom is -0.370 e. The molecular weight excluding hydrogens is 398 g/mol. The van der Waals surface area contributed by atoms with Gasteiger partial charge in [0.05, 0.1) is 22.3 Å². The number of fused-ring (bicyclic) bond motifs is 2. The normalized spacial score (nSPS) is 15.8. The third-order valence-electron chi connectivity index (χ3n) is 6.92. The first-order valence-electron chi connectivity index (χ1n) is 11.3. The van der Waals surface area contributed by atoms with Gasteiger partial charge in [-0.15, -0.1) is 0 Å². The number of aryl methyl sites for hydroxylation is 1. The van der Waals surface area contributed by atoms with Crippen molar-refractivity contribution >= 4 is 33.7 Å². The van der Waals surface area contributed by atoms with Gasteiger partial charge in [0.15, 0.2) is 11.5 Å². The Morgan fingerprint density at radius 2 is 1.72 bits per heavy atom. The molecular formula is C27H25N3O2. The maximum atomic E-state index is 13.7. The fourth-order valence-corrected chi connectivity index (χ4v) is 4.99. The first-order valence-corrected chi connectivity index (χ1v) is 11.3. The summed E-state index contributed by atoms with van der Waals surface area (Å²) in [5.41, 5.74) is 6.87. The topological polar surface area (TPSA) is 58.4 Å². The highest BCUT2D eigenvalue weighted by atomic mass is 16.5. The highest BCUT2D eigenvalue weighted by molar-refractivity contribution is 6.28. The first kappa shape index (κ1) is 19.1. The van der Waals surface area contributed by atoms with Gasteiger partial charge in [-0.3, -0.25) is 4.79 Å². The third-order valence-corrected chi connectivity index (χ3v) is 6.92. The van der Waals surface area contributed by atoms with Crippen LogP contribution in [0.25, 0.3) is 22.2 Å². The third kappa shape index (κ3) is 2.84. The van der Waals surface area contributed by atoms with E-state index in [-0.39, 0.29) is 5.78 Å². The molecule has 3 aromatic carbocycles. The molecule has 4 aromatic rings. The number of anilines is 3. The SMILES string of the molecule is Cc1ccccc1Nc1cc(N2CCC(C)CC2)c2noc3c2c1C(=O)c1ccccc1-3. The van der Waals surface area contributed by atoms with Crippen LogP contribution < -0.4 is 10.2 Å². The van der Waals surface area contributed by atoms with Crippen LogP contribution in [-0.2, 0) is 0 Å². The number of hydrogen-bond acceptors (Lipinski definition) is 5. The predicted octanol–water partition coefficient (Wildman–Crippen LogP) is 6.33. The molecule has 160 valence electrons. The van der Waals surface area contributed by atoms with Crippen LogP contribution in [0.15, 0.2) is 59.1 Å². The van der Waals surface area contributed by atoms with Gasteiger partial charge in [-0.1, -0.05) is 54.5 Å². The molecule has 5 heteroatoms. The molecule has 0 radical (unpaired) electrons. The molecule has 0 bridgehead atoms. The smallest absolute Gasteiger partial charge is 0.196 e. The van der Waals surface area contributed by atoms with E-state index < -0.39 is 0 Å². The van der Waals surface area contributed by atoms with Crippen LogP contribution in [0.1, 0.15) is 41.3 Å². The van der Waals surface area contributed by atoms with Crippen LogP contribution in [0, 0.1) is 12.8 Å². The van der Waals surface area contributed by atoms with Gasteiger partial charge >= 0.3 is 0 Å². The molecule has 0 spiro atoms. The molecule has 5 nitrogen and oxygen atoms in total. The summed E-state index contributed by atoms with van der Waals surface area (Å²) in [5.74, 6) is 1.42. The van der Waals surface area contributed by atoms with Crippen molar-refractivity contribution in [1.82, 2.24) is 5.16 Å². The molecule has 0 amide bonds. The van der Waals surface area contributed by atoms with Gasteiger partial charge in [0.2, 0.25) is 0 Å². The van der Waals surface area contributed by atoms with Crippen molar-refractivity contribution in [3.05, 3.63) is 71.3 Å². The molecule has 6 rings (SSSR count). The van der Waals surface area contributed by atoms with E-state index in [0.29, 0.717) is 16.9 Å². The Morgan fingerprint density at radius 3 is 2.50 bits per heavy atom. The zero-order valence-electron chi connectivity index (χ0n) is 18.3. The minimum absolute atomic E-state index is 0.0104. The van der Waals surface area contributed by atoms with Crippen LogP contribution >= 0.6 is 0 Å². The zero-order chi connectivity index (χ0) is 21.8. The van der Waals surface area contributed by atoms with E-state index in [9.17, 15) is 4.79 Å². The monoisotopic (exact) mass is 423 g/mol. The molecule has 1 saturated heterocycles. The Hall–Kier alpha value is -3.60. The second-order valence-corrected chi connectivity index (χ2v) is 9.04. The summed E-state index contributed by atoms with van der Waals surface area (Å²) in [6.07, 6.45) is 2.30. The second kappa shape index (κ2) is 7.23. The number of hydrogen-bond donors (Lipinski definition) is 1. The number of carbonyl (C=O) groups excluding carboxylic acids is 1. The van der Waals surface area contributed by atoms with Crippen LogP contribution in [0.5, 0.6) is 0 Å². The number of piperidine rings is 1. The van der Waals surface area contributed by atoms with Gasteiger partial charge in [-0.25, -0.2) is 0 Å². The van der Waals surface area contributed by atoms with Crippen LogP contribution in [0.3, 0.4) is 0 Å². The summed E-state index contributed by atoms with van der Waals surface area (Å²) in [4.78, 5) is 16.1. The van der Waals surface area contributed by atoms with E-state index in [2.05, 4.69) is 41.4 Å². The van der Waals surface area contributed by atoms with Crippen molar-refractivity contribution in [1.29, 1.82) is 0 Å². The molecule has 1 fully saturated rings. The lowest BCUT2D eigenvalue weighted by Gasteiger charge is -2.33. The van der Waals surface area contributed by atoms with Crippen LogP contribution in [0.2, 0.25) is 0 Å². The number of nitrogens with one attached hydrogen (secondary N) is 1. The molecule has 1 N–H and O–H groups in total.